The van der Waals surface area contributed by atoms with Crippen molar-refractivity contribution in [2.75, 3.05) is 0 Å². The Bertz CT molecular complexity index is 132. The maximum Gasteiger partial charge on any atom is -0.0383 e. The van der Waals surface area contributed by atoms with Gasteiger partial charge in [0.15, 0.2) is 0 Å². The Kier molecular flexibility index (Phi) is 4.98. The summed E-state index contributed by atoms with van der Waals surface area (Å²) in [6, 6.07) is 0. The topological polar surface area (TPSA) is 0 Å². The van der Waals surface area contributed by atoms with E-state index in [2.05, 4.69) is 27.7 Å². The van der Waals surface area contributed by atoms with E-state index in [1.165, 1.54) is 38.5 Å². The number of rotatable bonds is 6. The molecular weight excluding hydrogens is 168 g/mol. The zero-order valence-corrected chi connectivity index (χ0v) is 10.6. The third kappa shape index (κ3) is 3.29. The van der Waals surface area contributed by atoms with Gasteiger partial charge in [-0.2, -0.15) is 0 Å². The molecule has 1 saturated carbocycles. The standard InChI is InChI=1S/C14H28/c1-5-11(3)9-13-7-8-14(13)10-12(4)6-2/h11-14H,5-10H2,1-4H3. The third-order valence-electron chi connectivity index (χ3n) is 4.38. The monoisotopic (exact) mass is 196 g/mol. The molecule has 4 unspecified atom stereocenters. The maximum atomic E-state index is 2.42. The van der Waals surface area contributed by atoms with E-state index in [0.29, 0.717) is 0 Å². The van der Waals surface area contributed by atoms with Crippen molar-refractivity contribution in [1.82, 2.24) is 0 Å². The van der Waals surface area contributed by atoms with Crippen molar-refractivity contribution in [2.24, 2.45) is 23.7 Å². The molecule has 0 aromatic heterocycles. The van der Waals surface area contributed by atoms with E-state index >= 15 is 0 Å². The molecule has 1 aliphatic rings. The SMILES string of the molecule is CCC(C)CC1CCC1CC(C)CC. The van der Waals surface area contributed by atoms with Crippen LogP contribution in [0.15, 0.2) is 0 Å². The molecule has 1 rings (SSSR count). The molecule has 0 heteroatoms. The highest BCUT2D eigenvalue weighted by molar-refractivity contribution is 4.82. The predicted octanol–water partition coefficient (Wildman–Crippen LogP) is 4.89. The zero-order valence-electron chi connectivity index (χ0n) is 10.6. The summed E-state index contributed by atoms with van der Waals surface area (Å²) < 4.78 is 0. The Morgan fingerprint density at radius 2 is 1.21 bits per heavy atom. The van der Waals surface area contributed by atoms with E-state index in [0.717, 1.165) is 23.7 Å². The normalized spacial score (nSPS) is 30.9. The van der Waals surface area contributed by atoms with Gasteiger partial charge in [-0.1, -0.05) is 40.5 Å². The van der Waals surface area contributed by atoms with Crippen LogP contribution in [0.4, 0.5) is 0 Å². The van der Waals surface area contributed by atoms with Crippen LogP contribution in [0.2, 0.25) is 0 Å². The fraction of sp³-hybridized carbons (Fsp3) is 1.00. The Hall–Kier alpha value is 0. The molecule has 0 aromatic rings. The van der Waals surface area contributed by atoms with Crippen molar-refractivity contribution < 1.29 is 0 Å². The predicted molar refractivity (Wildman–Crippen MR) is 64.4 cm³/mol. The van der Waals surface area contributed by atoms with Crippen molar-refractivity contribution in [1.29, 1.82) is 0 Å². The van der Waals surface area contributed by atoms with Gasteiger partial charge in [0.05, 0.1) is 0 Å². The smallest absolute Gasteiger partial charge is 0.0383 e. The Balaban J connectivity index is 2.21. The van der Waals surface area contributed by atoms with Crippen molar-refractivity contribution in [2.45, 2.75) is 66.2 Å². The first kappa shape index (κ1) is 12.1. The van der Waals surface area contributed by atoms with E-state index < -0.39 is 0 Å². The van der Waals surface area contributed by atoms with Crippen LogP contribution in [0.3, 0.4) is 0 Å². The van der Waals surface area contributed by atoms with E-state index in [-0.39, 0.29) is 0 Å². The van der Waals surface area contributed by atoms with Crippen LogP contribution in [-0.4, -0.2) is 0 Å². The molecular formula is C14H28. The average molecular weight is 196 g/mol. The van der Waals surface area contributed by atoms with E-state index in [4.69, 9.17) is 0 Å². The highest BCUT2D eigenvalue weighted by Gasteiger charge is 2.31. The quantitative estimate of drug-likeness (QED) is 0.567. The van der Waals surface area contributed by atoms with Crippen LogP contribution in [0.1, 0.15) is 66.2 Å². The van der Waals surface area contributed by atoms with Gasteiger partial charge in [0.2, 0.25) is 0 Å². The molecule has 1 fully saturated rings. The molecule has 0 aromatic carbocycles. The molecule has 0 heterocycles. The average Bonchev–Trinajstić information content (AvgIpc) is 2.19. The van der Waals surface area contributed by atoms with Crippen LogP contribution in [0.25, 0.3) is 0 Å². The van der Waals surface area contributed by atoms with Crippen LogP contribution in [-0.2, 0) is 0 Å². The molecule has 0 amide bonds. The molecule has 0 spiro atoms. The van der Waals surface area contributed by atoms with Gasteiger partial charge in [-0.05, 0) is 49.4 Å². The minimum Gasteiger partial charge on any atom is -0.0651 e. The van der Waals surface area contributed by atoms with E-state index in [1.807, 2.05) is 0 Å². The van der Waals surface area contributed by atoms with Gasteiger partial charge in [-0.25, -0.2) is 0 Å². The van der Waals surface area contributed by atoms with Gasteiger partial charge in [0.1, 0.15) is 0 Å². The minimum absolute atomic E-state index is 0.958. The zero-order chi connectivity index (χ0) is 10.6. The van der Waals surface area contributed by atoms with Crippen molar-refractivity contribution in [3.8, 4) is 0 Å². The van der Waals surface area contributed by atoms with E-state index in [1.54, 1.807) is 0 Å². The lowest BCUT2D eigenvalue weighted by Crippen LogP contribution is -2.28. The van der Waals surface area contributed by atoms with Gasteiger partial charge in [0, 0.05) is 0 Å². The highest BCUT2D eigenvalue weighted by atomic mass is 14.4. The second-order valence-corrected chi connectivity index (χ2v) is 5.60. The Morgan fingerprint density at radius 1 is 0.857 bits per heavy atom. The summed E-state index contributed by atoms with van der Waals surface area (Å²) in [5.41, 5.74) is 0. The van der Waals surface area contributed by atoms with Crippen molar-refractivity contribution in [3.05, 3.63) is 0 Å². The Labute approximate surface area is 90.5 Å². The number of hydrogen-bond acceptors (Lipinski definition) is 0. The van der Waals surface area contributed by atoms with Crippen molar-refractivity contribution in [3.63, 3.8) is 0 Å². The lowest BCUT2D eigenvalue weighted by molar-refractivity contribution is 0.116. The molecule has 0 saturated heterocycles. The molecule has 1 aliphatic carbocycles. The van der Waals surface area contributed by atoms with Gasteiger partial charge in [-0.3, -0.25) is 0 Å². The first-order chi connectivity index (χ1) is 6.67. The summed E-state index contributed by atoms with van der Waals surface area (Å²) in [6.45, 7) is 9.48. The summed E-state index contributed by atoms with van der Waals surface area (Å²) in [4.78, 5) is 0. The molecule has 0 radical (unpaired) electrons. The first-order valence-corrected chi connectivity index (χ1v) is 6.67. The van der Waals surface area contributed by atoms with Crippen molar-refractivity contribution >= 4 is 0 Å². The fourth-order valence-corrected chi connectivity index (χ4v) is 2.63. The molecule has 84 valence electrons. The maximum absolute atomic E-state index is 2.42. The van der Waals surface area contributed by atoms with Gasteiger partial charge in [0.25, 0.3) is 0 Å². The molecule has 0 nitrogen and oxygen atoms in total. The highest BCUT2D eigenvalue weighted by Crippen LogP contribution is 2.43. The van der Waals surface area contributed by atoms with Crippen LogP contribution in [0, 0.1) is 23.7 Å². The molecule has 0 N–H and O–H groups in total. The van der Waals surface area contributed by atoms with Crippen LogP contribution >= 0.6 is 0 Å². The summed E-state index contributed by atoms with van der Waals surface area (Å²) in [5.74, 6) is 4.08. The minimum atomic E-state index is 0.958. The lowest BCUT2D eigenvalue weighted by Gasteiger charge is -2.39. The van der Waals surface area contributed by atoms with Gasteiger partial charge >= 0.3 is 0 Å². The van der Waals surface area contributed by atoms with Gasteiger partial charge in [-0.15, -0.1) is 0 Å². The second kappa shape index (κ2) is 5.78. The second-order valence-electron chi connectivity index (χ2n) is 5.60. The summed E-state index contributed by atoms with van der Waals surface area (Å²) >= 11 is 0. The summed E-state index contributed by atoms with van der Waals surface area (Å²) in [7, 11) is 0. The lowest BCUT2D eigenvalue weighted by atomic mass is 9.66. The van der Waals surface area contributed by atoms with Crippen LogP contribution < -0.4 is 0 Å². The van der Waals surface area contributed by atoms with Gasteiger partial charge < -0.3 is 0 Å². The van der Waals surface area contributed by atoms with E-state index in [9.17, 15) is 0 Å². The summed E-state index contributed by atoms with van der Waals surface area (Å²) in [5, 5.41) is 0. The molecule has 0 bridgehead atoms. The fourth-order valence-electron chi connectivity index (χ4n) is 2.63. The molecule has 4 atom stereocenters. The Morgan fingerprint density at radius 3 is 1.43 bits per heavy atom. The summed E-state index contributed by atoms with van der Waals surface area (Å²) in [6.07, 6.45) is 8.77. The molecule has 14 heavy (non-hydrogen) atoms. The first-order valence-electron chi connectivity index (χ1n) is 6.67. The van der Waals surface area contributed by atoms with Crippen LogP contribution in [0.5, 0.6) is 0 Å². The third-order valence-corrected chi connectivity index (χ3v) is 4.38. The molecule has 0 aliphatic heterocycles. The largest absolute Gasteiger partial charge is 0.0651 e. The number of hydrogen-bond donors (Lipinski definition) is 0.